The minimum Gasteiger partial charge on any atom is -0.497 e. The molecule has 2 aromatic carbocycles. The lowest BCUT2D eigenvalue weighted by Gasteiger charge is -2.36. The number of hydrogen-bond donors (Lipinski definition) is 0. The summed E-state index contributed by atoms with van der Waals surface area (Å²) in [5.41, 5.74) is 1.46. The summed E-state index contributed by atoms with van der Waals surface area (Å²) < 4.78 is 17.8. The second-order valence-electron chi connectivity index (χ2n) is 9.12. The van der Waals surface area contributed by atoms with Crippen LogP contribution < -0.4 is 24.7 Å². The lowest BCUT2D eigenvalue weighted by molar-refractivity contribution is 0.0747. The minimum atomic E-state index is -0.143. The number of ether oxygens (including phenoxy) is 3. The third-order valence-corrected chi connectivity index (χ3v) is 6.39. The number of carbonyl (C=O) groups excluding carboxylic acids is 1. The van der Waals surface area contributed by atoms with Gasteiger partial charge in [0.1, 0.15) is 5.75 Å². The number of benzene rings is 2. The molecule has 4 rings (SSSR count). The first-order valence-electron chi connectivity index (χ1n) is 11.8. The van der Waals surface area contributed by atoms with E-state index in [0.29, 0.717) is 47.5 Å². The van der Waals surface area contributed by atoms with Crippen LogP contribution in [0.4, 0.5) is 5.69 Å². The molecule has 1 aromatic heterocycles. The summed E-state index contributed by atoms with van der Waals surface area (Å²) in [4.78, 5) is 31.1. The van der Waals surface area contributed by atoms with E-state index >= 15 is 0 Å². The normalized spacial score (nSPS) is 13.9. The Kier molecular flexibility index (Phi) is 7.19. The van der Waals surface area contributed by atoms with Gasteiger partial charge in [0.05, 0.1) is 32.3 Å². The number of rotatable bonds is 7. The van der Waals surface area contributed by atoms with E-state index in [1.54, 1.807) is 37.1 Å². The molecule has 0 radical (unpaired) electrons. The minimum absolute atomic E-state index is 0.0888. The topological polar surface area (TPSA) is 73.2 Å². The molecule has 3 aromatic rings. The van der Waals surface area contributed by atoms with Crippen LogP contribution in [0.25, 0.3) is 10.8 Å². The smallest absolute Gasteiger partial charge is 0.258 e. The van der Waals surface area contributed by atoms with Crippen LogP contribution in [0.3, 0.4) is 0 Å². The Hall–Kier alpha value is -3.68. The molecule has 0 N–H and O–H groups in total. The summed E-state index contributed by atoms with van der Waals surface area (Å²) in [5, 5.41) is 1.03. The van der Waals surface area contributed by atoms with Crippen molar-refractivity contribution in [3.05, 3.63) is 58.5 Å². The van der Waals surface area contributed by atoms with Gasteiger partial charge in [-0.2, -0.15) is 0 Å². The van der Waals surface area contributed by atoms with Crippen molar-refractivity contribution in [2.75, 3.05) is 52.4 Å². The van der Waals surface area contributed by atoms with Crippen LogP contribution in [0.2, 0.25) is 0 Å². The standard InChI is InChI=1S/C27H33N3O5/c1-18(2)16-30-17-23(21-14-24(34-4)25(35-5)15-22(21)26(30)31)27(32)29-12-10-28(11-13-29)19-6-8-20(33-3)9-7-19/h6-9,14-15,17-18H,10-13,16H2,1-5H3. The zero-order valence-electron chi connectivity index (χ0n) is 21.0. The summed E-state index contributed by atoms with van der Waals surface area (Å²) in [6.45, 7) is 7.23. The van der Waals surface area contributed by atoms with Gasteiger partial charge in [-0.25, -0.2) is 0 Å². The lowest BCUT2D eigenvalue weighted by atomic mass is 10.0. The van der Waals surface area contributed by atoms with Gasteiger partial charge >= 0.3 is 0 Å². The number of nitrogens with zero attached hydrogens (tertiary/aromatic N) is 3. The van der Waals surface area contributed by atoms with E-state index in [1.165, 1.54) is 7.11 Å². The van der Waals surface area contributed by atoms with Gasteiger partial charge in [-0.05, 0) is 42.3 Å². The van der Waals surface area contributed by atoms with Crippen molar-refractivity contribution >= 4 is 22.4 Å². The fraction of sp³-hybridized carbons (Fsp3) is 0.407. The van der Waals surface area contributed by atoms with Gasteiger partial charge in [-0.1, -0.05) is 13.8 Å². The largest absolute Gasteiger partial charge is 0.497 e. The molecule has 1 fully saturated rings. The molecule has 0 bridgehead atoms. The highest BCUT2D eigenvalue weighted by molar-refractivity contribution is 6.07. The molecule has 0 spiro atoms. The highest BCUT2D eigenvalue weighted by Gasteiger charge is 2.26. The Bertz CT molecular complexity index is 1260. The van der Waals surface area contributed by atoms with Gasteiger partial charge in [0.2, 0.25) is 0 Å². The summed E-state index contributed by atoms with van der Waals surface area (Å²) in [6.07, 6.45) is 1.70. The number of carbonyl (C=O) groups is 1. The summed E-state index contributed by atoms with van der Waals surface area (Å²) in [7, 11) is 4.73. The van der Waals surface area contributed by atoms with Crippen molar-refractivity contribution in [3.63, 3.8) is 0 Å². The molecule has 8 heteroatoms. The SMILES string of the molecule is COc1ccc(N2CCN(C(=O)c3cn(CC(C)C)c(=O)c4cc(OC)c(OC)cc34)CC2)cc1. The van der Waals surface area contributed by atoms with Crippen LogP contribution in [-0.2, 0) is 6.54 Å². The summed E-state index contributed by atoms with van der Waals surface area (Å²) >= 11 is 0. The highest BCUT2D eigenvalue weighted by atomic mass is 16.5. The molecule has 8 nitrogen and oxygen atoms in total. The fourth-order valence-corrected chi connectivity index (χ4v) is 4.55. The molecule has 1 aliphatic heterocycles. The van der Waals surface area contributed by atoms with E-state index < -0.39 is 0 Å². The van der Waals surface area contributed by atoms with E-state index in [-0.39, 0.29) is 17.4 Å². The average Bonchev–Trinajstić information content (AvgIpc) is 2.89. The fourth-order valence-electron chi connectivity index (χ4n) is 4.55. The monoisotopic (exact) mass is 479 g/mol. The summed E-state index contributed by atoms with van der Waals surface area (Å²) in [6, 6.07) is 11.4. The molecule has 0 unspecified atom stereocenters. The number of hydrogen-bond acceptors (Lipinski definition) is 6. The Balaban J connectivity index is 1.66. The third kappa shape index (κ3) is 4.92. The average molecular weight is 480 g/mol. The zero-order valence-corrected chi connectivity index (χ0v) is 21.0. The zero-order chi connectivity index (χ0) is 25.1. The van der Waals surface area contributed by atoms with Crippen molar-refractivity contribution in [3.8, 4) is 17.2 Å². The molecule has 0 aliphatic carbocycles. The van der Waals surface area contributed by atoms with Crippen molar-refractivity contribution in [2.45, 2.75) is 20.4 Å². The number of aromatic nitrogens is 1. The van der Waals surface area contributed by atoms with Gasteiger partial charge in [-0.3, -0.25) is 9.59 Å². The summed E-state index contributed by atoms with van der Waals surface area (Å²) in [5.74, 6) is 1.93. The molecule has 0 saturated carbocycles. The van der Waals surface area contributed by atoms with Crippen LogP contribution in [0.15, 0.2) is 47.4 Å². The second-order valence-corrected chi connectivity index (χ2v) is 9.12. The number of anilines is 1. The van der Waals surface area contributed by atoms with Crippen molar-refractivity contribution in [1.82, 2.24) is 9.47 Å². The van der Waals surface area contributed by atoms with Crippen LogP contribution in [0, 0.1) is 5.92 Å². The van der Waals surface area contributed by atoms with Gasteiger partial charge in [0.15, 0.2) is 11.5 Å². The maximum atomic E-state index is 13.7. The molecule has 35 heavy (non-hydrogen) atoms. The van der Waals surface area contributed by atoms with Crippen molar-refractivity contribution < 1.29 is 19.0 Å². The van der Waals surface area contributed by atoms with Crippen LogP contribution in [0.1, 0.15) is 24.2 Å². The Morgan fingerprint density at radius 1 is 0.886 bits per heavy atom. The van der Waals surface area contributed by atoms with Gasteiger partial charge in [-0.15, -0.1) is 0 Å². The van der Waals surface area contributed by atoms with E-state index in [0.717, 1.165) is 24.5 Å². The first-order valence-corrected chi connectivity index (χ1v) is 11.8. The number of piperazine rings is 1. The van der Waals surface area contributed by atoms with Crippen LogP contribution in [0.5, 0.6) is 17.2 Å². The van der Waals surface area contributed by atoms with Crippen molar-refractivity contribution in [1.29, 1.82) is 0 Å². The predicted molar refractivity (Wildman–Crippen MR) is 137 cm³/mol. The first-order chi connectivity index (χ1) is 16.9. The molecule has 2 heterocycles. The maximum Gasteiger partial charge on any atom is 0.258 e. The van der Waals surface area contributed by atoms with E-state index in [1.807, 2.05) is 43.0 Å². The predicted octanol–water partition coefficient (Wildman–Crippen LogP) is 3.65. The van der Waals surface area contributed by atoms with Gasteiger partial charge < -0.3 is 28.6 Å². The van der Waals surface area contributed by atoms with E-state index in [4.69, 9.17) is 14.2 Å². The number of methoxy groups -OCH3 is 3. The van der Waals surface area contributed by atoms with E-state index in [9.17, 15) is 9.59 Å². The quantitative estimate of drug-likeness (QED) is 0.515. The van der Waals surface area contributed by atoms with Crippen molar-refractivity contribution in [2.24, 2.45) is 5.92 Å². The Labute approximate surface area is 205 Å². The van der Waals surface area contributed by atoms with Crippen LogP contribution in [-0.4, -0.2) is 62.9 Å². The second kappa shape index (κ2) is 10.3. The molecule has 1 aliphatic rings. The molecule has 0 atom stereocenters. The maximum absolute atomic E-state index is 13.7. The highest BCUT2D eigenvalue weighted by Crippen LogP contribution is 2.33. The van der Waals surface area contributed by atoms with Gasteiger partial charge in [0, 0.05) is 50.0 Å². The molecule has 1 amide bonds. The Morgan fingerprint density at radius 3 is 2.03 bits per heavy atom. The first kappa shape index (κ1) is 24.4. The molecular formula is C27H33N3O5. The molecular weight excluding hydrogens is 446 g/mol. The number of amides is 1. The third-order valence-electron chi connectivity index (χ3n) is 6.39. The van der Waals surface area contributed by atoms with Gasteiger partial charge in [0.25, 0.3) is 11.5 Å². The lowest BCUT2D eigenvalue weighted by Crippen LogP contribution is -2.49. The van der Waals surface area contributed by atoms with Crippen LogP contribution >= 0.6 is 0 Å². The number of fused-ring (bicyclic) bond motifs is 1. The molecule has 186 valence electrons. The number of pyridine rings is 1. The Morgan fingerprint density at radius 2 is 1.49 bits per heavy atom. The van der Waals surface area contributed by atoms with E-state index in [2.05, 4.69) is 4.90 Å². The molecule has 1 saturated heterocycles.